The van der Waals surface area contributed by atoms with Crippen molar-refractivity contribution in [3.8, 4) is 5.75 Å². The van der Waals surface area contributed by atoms with Crippen molar-refractivity contribution in [3.05, 3.63) is 23.8 Å². The highest BCUT2D eigenvalue weighted by atomic mass is 16.5. The van der Waals surface area contributed by atoms with Gasteiger partial charge in [-0.2, -0.15) is 0 Å². The lowest BCUT2D eigenvalue weighted by Crippen LogP contribution is -2.43. The van der Waals surface area contributed by atoms with Gasteiger partial charge < -0.3 is 19.6 Å². The van der Waals surface area contributed by atoms with Gasteiger partial charge in [0.05, 0.1) is 18.9 Å². The second-order valence-electron chi connectivity index (χ2n) is 9.25. The number of guanidine groups is 1. The summed E-state index contributed by atoms with van der Waals surface area (Å²) in [6, 6.07) is 6.24. The predicted octanol–water partition coefficient (Wildman–Crippen LogP) is 3.10. The van der Waals surface area contributed by atoms with Gasteiger partial charge in [0.15, 0.2) is 0 Å². The number of aliphatic imine (C=N–C) groups is 1. The van der Waals surface area contributed by atoms with Crippen LogP contribution in [-0.2, 0) is 16.1 Å². The molecule has 180 valence electrons. The van der Waals surface area contributed by atoms with E-state index in [2.05, 4.69) is 10.3 Å². The van der Waals surface area contributed by atoms with Crippen LogP contribution in [0.3, 0.4) is 0 Å². The van der Waals surface area contributed by atoms with E-state index in [0.717, 1.165) is 55.5 Å². The van der Waals surface area contributed by atoms with E-state index >= 15 is 0 Å². The fraction of sp³-hybridized carbons (Fsp3) is 0.640. The lowest BCUT2D eigenvalue weighted by Gasteiger charge is -2.34. The quantitative estimate of drug-likeness (QED) is 0.499. The van der Waals surface area contributed by atoms with Crippen molar-refractivity contribution in [2.24, 2.45) is 4.99 Å². The Bertz CT molecular complexity index is 866. The fourth-order valence-corrected chi connectivity index (χ4v) is 4.99. The monoisotopic (exact) mass is 456 g/mol. The molecule has 0 aromatic heterocycles. The Morgan fingerprint density at radius 1 is 1.15 bits per heavy atom. The number of hydrogen-bond acceptors (Lipinski definition) is 6. The second kappa shape index (κ2) is 11.5. The molecular weight excluding hydrogens is 420 g/mol. The fourth-order valence-electron chi connectivity index (χ4n) is 4.99. The van der Waals surface area contributed by atoms with E-state index in [4.69, 9.17) is 4.74 Å². The normalized spacial score (nSPS) is 17.8. The third-order valence-corrected chi connectivity index (χ3v) is 6.76. The molecule has 3 aliphatic rings. The Labute approximate surface area is 196 Å². The Morgan fingerprint density at radius 2 is 1.97 bits per heavy atom. The smallest absolute Gasteiger partial charge is 0.246 e. The SMILES string of the molecule is O=C1CN2Cc3ccc(OCCCCCCC(=O)N(CCO)C4CCCCC4)cc3N=C2N1. The summed E-state index contributed by atoms with van der Waals surface area (Å²) in [5.74, 6) is 1.59. The molecular formula is C25H36N4O4. The summed E-state index contributed by atoms with van der Waals surface area (Å²) in [5, 5.41) is 12.1. The van der Waals surface area contributed by atoms with Crippen LogP contribution in [-0.4, -0.2) is 65.0 Å². The predicted molar refractivity (Wildman–Crippen MR) is 126 cm³/mol. The molecule has 2 fully saturated rings. The highest BCUT2D eigenvalue weighted by Crippen LogP contribution is 2.31. The molecule has 33 heavy (non-hydrogen) atoms. The summed E-state index contributed by atoms with van der Waals surface area (Å²) < 4.78 is 5.91. The minimum atomic E-state index is -0.0187. The molecule has 2 aliphatic heterocycles. The van der Waals surface area contributed by atoms with E-state index in [1.807, 2.05) is 28.0 Å². The number of rotatable bonds is 11. The molecule has 8 heteroatoms. The Kier molecular flexibility index (Phi) is 8.20. The zero-order valence-corrected chi connectivity index (χ0v) is 19.4. The summed E-state index contributed by atoms with van der Waals surface area (Å²) in [5.41, 5.74) is 1.94. The van der Waals surface area contributed by atoms with Gasteiger partial charge in [-0.25, -0.2) is 4.99 Å². The first-order chi connectivity index (χ1) is 16.1. The first-order valence-corrected chi connectivity index (χ1v) is 12.4. The maximum absolute atomic E-state index is 12.7. The van der Waals surface area contributed by atoms with E-state index in [-0.39, 0.29) is 18.4 Å². The molecule has 4 rings (SSSR count). The molecule has 1 saturated carbocycles. The Morgan fingerprint density at radius 3 is 2.79 bits per heavy atom. The van der Waals surface area contributed by atoms with Crippen LogP contribution < -0.4 is 10.1 Å². The van der Waals surface area contributed by atoms with E-state index in [0.29, 0.717) is 44.7 Å². The van der Waals surface area contributed by atoms with Crippen molar-refractivity contribution in [1.82, 2.24) is 15.1 Å². The number of unbranched alkanes of at least 4 members (excludes halogenated alkanes) is 3. The molecule has 2 heterocycles. The number of aliphatic hydroxyl groups excluding tert-OH is 1. The minimum absolute atomic E-state index is 0.0187. The van der Waals surface area contributed by atoms with Crippen LogP contribution in [0.25, 0.3) is 0 Å². The molecule has 0 atom stereocenters. The van der Waals surface area contributed by atoms with Crippen molar-refractivity contribution in [1.29, 1.82) is 0 Å². The molecule has 0 spiro atoms. The number of ether oxygens (including phenoxy) is 1. The molecule has 2 amide bonds. The number of fused-ring (bicyclic) bond motifs is 2. The molecule has 0 unspecified atom stereocenters. The van der Waals surface area contributed by atoms with Crippen molar-refractivity contribution in [2.75, 3.05) is 26.3 Å². The number of amides is 2. The maximum atomic E-state index is 12.7. The summed E-state index contributed by atoms with van der Waals surface area (Å²) in [4.78, 5) is 32.6. The second-order valence-corrected chi connectivity index (χ2v) is 9.25. The van der Waals surface area contributed by atoms with E-state index in [1.165, 1.54) is 19.3 Å². The summed E-state index contributed by atoms with van der Waals surface area (Å²) in [6.45, 7) is 2.19. The minimum Gasteiger partial charge on any atom is -0.494 e. The lowest BCUT2D eigenvalue weighted by atomic mass is 9.94. The van der Waals surface area contributed by atoms with Gasteiger partial charge in [0.25, 0.3) is 0 Å². The first-order valence-electron chi connectivity index (χ1n) is 12.4. The van der Waals surface area contributed by atoms with Crippen molar-refractivity contribution in [3.63, 3.8) is 0 Å². The van der Waals surface area contributed by atoms with Gasteiger partial charge >= 0.3 is 0 Å². The number of carbonyl (C=O) groups is 2. The molecule has 1 saturated heterocycles. The van der Waals surface area contributed by atoms with Gasteiger partial charge in [-0.15, -0.1) is 0 Å². The van der Waals surface area contributed by atoms with Crippen LogP contribution in [0.1, 0.15) is 69.8 Å². The lowest BCUT2D eigenvalue weighted by molar-refractivity contribution is -0.135. The molecule has 1 aromatic rings. The van der Waals surface area contributed by atoms with Crippen LogP contribution in [0.4, 0.5) is 5.69 Å². The maximum Gasteiger partial charge on any atom is 0.246 e. The van der Waals surface area contributed by atoms with Gasteiger partial charge in [0.2, 0.25) is 17.8 Å². The van der Waals surface area contributed by atoms with E-state index < -0.39 is 0 Å². The summed E-state index contributed by atoms with van der Waals surface area (Å²) >= 11 is 0. The average molecular weight is 457 g/mol. The zero-order valence-electron chi connectivity index (χ0n) is 19.4. The van der Waals surface area contributed by atoms with Crippen molar-refractivity contribution >= 4 is 23.5 Å². The van der Waals surface area contributed by atoms with Crippen molar-refractivity contribution in [2.45, 2.75) is 76.8 Å². The van der Waals surface area contributed by atoms with Crippen molar-refractivity contribution < 1.29 is 19.4 Å². The Hall–Kier alpha value is -2.61. The van der Waals surface area contributed by atoms with Crippen LogP contribution in [0.5, 0.6) is 5.75 Å². The molecule has 1 aromatic carbocycles. The van der Waals surface area contributed by atoms with Gasteiger partial charge in [0, 0.05) is 31.6 Å². The number of carbonyl (C=O) groups excluding carboxylic acids is 2. The standard InChI is InChI=1S/C25H36N4O4/c30-14-13-29(20-8-4-3-5-9-20)24(32)10-6-1-2-7-15-33-21-12-11-19-17-28-18-23(31)27-25(28)26-22(19)16-21/h11-12,16,20,30H,1-10,13-15,17-18H2,(H,26,27,31). The number of aliphatic hydroxyl groups is 1. The molecule has 1 aliphatic carbocycles. The highest BCUT2D eigenvalue weighted by molar-refractivity contribution is 6.05. The number of hydrogen-bond donors (Lipinski definition) is 2. The third-order valence-electron chi connectivity index (χ3n) is 6.76. The molecule has 0 radical (unpaired) electrons. The van der Waals surface area contributed by atoms with Crippen LogP contribution >= 0.6 is 0 Å². The number of nitrogens with zero attached hydrogens (tertiary/aromatic N) is 3. The molecule has 2 N–H and O–H groups in total. The molecule has 8 nitrogen and oxygen atoms in total. The average Bonchev–Trinajstić information content (AvgIpc) is 3.19. The highest BCUT2D eigenvalue weighted by Gasteiger charge is 2.29. The van der Waals surface area contributed by atoms with E-state index in [9.17, 15) is 14.7 Å². The topological polar surface area (TPSA) is 94.5 Å². The zero-order chi connectivity index (χ0) is 23.0. The molecule has 0 bridgehead atoms. The Balaban J connectivity index is 1.13. The first kappa shape index (κ1) is 23.5. The summed E-state index contributed by atoms with van der Waals surface area (Å²) in [6.07, 6.45) is 10.2. The van der Waals surface area contributed by atoms with E-state index in [1.54, 1.807) is 0 Å². The number of nitrogens with one attached hydrogen (secondary N) is 1. The third kappa shape index (κ3) is 6.25. The van der Waals surface area contributed by atoms with Gasteiger partial charge in [-0.05, 0) is 37.3 Å². The van der Waals surface area contributed by atoms with Gasteiger partial charge in [0.1, 0.15) is 12.3 Å². The van der Waals surface area contributed by atoms with Gasteiger partial charge in [-0.1, -0.05) is 38.2 Å². The van der Waals surface area contributed by atoms with Crippen LogP contribution in [0.15, 0.2) is 23.2 Å². The summed E-state index contributed by atoms with van der Waals surface area (Å²) in [7, 11) is 0. The number of benzene rings is 1. The van der Waals surface area contributed by atoms with Crippen LogP contribution in [0, 0.1) is 0 Å². The largest absolute Gasteiger partial charge is 0.494 e. The van der Waals surface area contributed by atoms with Gasteiger partial charge in [-0.3, -0.25) is 14.9 Å². The van der Waals surface area contributed by atoms with Crippen LogP contribution in [0.2, 0.25) is 0 Å².